The van der Waals surface area contributed by atoms with Crippen LogP contribution in [0.4, 0.5) is 0 Å². The topological polar surface area (TPSA) is 72.2 Å². The van der Waals surface area contributed by atoms with Gasteiger partial charge in [0.2, 0.25) is 10.0 Å². The summed E-state index contributed by atoms with van der Waals surface area (Å²) in [7, 11) is -2.99. The molecular formula is C6H16N2O2S. The zero-order valence-corrected chi connectivity index (χ0v) is 7.65. The van der Waals surface area contributed by atoms with Gasteiger partial charge in [-0.3, -0.25) is 0 Å². The van der Waals surface area contributed by atoms with Gasteiger partial charge >= 0.3 is 0 Å². The van der Waals surface area contributed by atoms with Gasteiger partial charge in [0.05, 0.1) is 5.75 Å². The fourth-order valence-corrected chi connectivity index (χ4v) is 1.26. The molecule has 0 radical (unpaired) electrons. The Morgan fingerprint density at radius 1 is 1.36 bits per heavy atom. The SMILES string of the molecule is CCS(=O)(=O)NCCCCN. The van der Waals surface area contributed by atoms with E-state index in [1.807, 2.05) is 0 Å². The number of sulfonamides is 1. The molecule has 0 spiro atoms. The largest absolute Gasteiger partial charge is 0.330 e. The quantitative estimate of drug-likeness (QED) is 0.549. The van der Waals surface area contributed by atoms with Gasteiger partial charge in [-0.1, -0.05) is 0 Å². The van der Waals surface area contributed by atoms with Gasteiger partial charge in [-0.2, -0.15) is 0 Å². The van der Waals surface area contributed by atoms with Crippen LogP contribution in [0.1, 0.15) is 19.8 Å². The number of hydrogen-bond donors (Lipinski definition) is 2. The highest BCUT2D eigenvalue weighted by molar-refractivity contribution is 7.89. The lowest BCUT2D eigenvalue weighted by Crippen LogP contribution is -2.26. The van der Waals surface area contributed by atoms with Crippen molar-refractivity contribution in [3.63, 3.8) is 0 Å². The number of unbranched alkanes of at least 4 members (excludes halogenated alkanes) is 1. The van der Waals surface area contributed by atoms with Gasteiger partial charge in [-0.15, -0.1) is 0 Å². The van der Waals surface area contributed by atoms with E-state index in [0.717, 1.165) is 12.8 Å². The molecule has 68 valence electrons. The van der Waals surface area contributed by atoms with Crippen molar-refractivity contribution < 1.29 is 8.42 Å². The summed E-state index contributed by atoms with van der Waals surface area (Å²) in [6.07, 6.45) is 1.68. The van der Waals surface area contributed by atoms with E-state index in [1.165, 1.54) is 0 Å². The molecule has 0 aromatic rings. The van der Waals surface area contributed by atoms with Gasteiger partial charge in [-0.05, 0) is 26.3 Å². The van der Waals surface area contributed by atoms with Crippen LogP contribution in [-0.4, -0.2) is 27.3 Å². The van der Waals surface area contributed by atoms with Crippen molar-refractivity contribution in [2.45, 2.75) is 19.8 Å². The molecule has 0 heterocycles. The van der Waals surface area contributed by atoms with E-state index >= 15 is 0 Å². The van der Waals surface area contributed by atoms with Crippen LogP contribution in [0.3, 0.4) is 0 Å². The fraction of sp³-hybridized carbons (Fsp3) is 1.00. The van der Waals surface area contributed by atoms with E-state index in [2.05, 4.69) is 4.72 Å². The summed E-state index contributed by atoms with van der Waals surface area (Å²) in [4.78, 5) is 0. The Bertz CT molecular complexity index is 177. The van der Waals surface area contributed by atoms with Crippen molar-refractivity contribution in [1.82, 2.24) is 4.72 Å². The van der Waals surface area contributed by atoms with E-state index in [-0.39, 0.29) is 5.75 Å². The summed E-state index contributed by atoms with van der Waals surface area (Å²) in [5.74, 6) is 0.148. The average Bonchev–Trinajstić information content (AvgIpc) is 1.99. The lowest BCUT2D eigenvalue weighted by atomic mass is 10.3. The van der Waals surface area contributed by atoms with Gasteiger partial charge in [0.1, 0.15) is 0 Å². The van der Waals surface area contributed by atoms with Gasteiger partial charge in [-0.25, -0.2) is 13.1 Å². The molecule has 0 unspecified atom stereocenters. The number of hydrogen-bond acceptors (Lipinski definition) is 3. The Kier molecular flexibility index (Phi) is 5.45. The molecule has 3 N–H and O–H groups in total. The molecule has 0 amide bonds. The second-order valence-electron chi connectivity index (χ2n) is 2.29. The van der Waals surface area contributed by atoms with E-state index in [9.17, 15) is 8.42 Å². The second kappa shape index (κ2) is 5.51. The Balaban J connectivity index is 3.39. The summed E-state index contributed by atoms with van der Waals surface area (Å²) in [5.41, 5.74) is 5.23. The van der Waals surface area contributed by atoms with E-state index in [4.69, 9.17) is 5.73 Å². The standard InChI is InChI=1S/C6H16N2O2S/c1-2-11(9,10)8-6-4-3-5-7/h8H,2-7H2,1H3. The first-order chi connectivity index (χ1) is 5.12. The van der Waals surface area contributed by atoms with Crippen molar-refractivity contribution in [3.8, 4) is 0 Å². The first-order valence-electron chi connectivity index (χ1n) is 3.80. The molecule has 0 aromatic carbocycles. The van der Waals surface area contributed by atoms with Crippen LogP contribution in [0.2, 0.25) is 0 Å². The molecule has 0 aromatic heterocycles. The highest BCUT2D eigenvalue weighted by Crippen LogP contribution is 1.86. The van der Waals surface area contributed by atoms with Gasteiger partial charge in [0.15, 0.2) is 0 Å². The normalized spacial score (nSPS) is 11.8. The number of nitrogens with two attached hydrogens (primary N) is 1. The van der Waals surface area contributed by atoms with Crippen LogP contribution in [0.5, 0.6) is 0 Å². The molecule has 0 rings (SSSR count). The Morgan fingerprint density at radius 3 is 2.45 bits per heavy atom. The maximum Gasteiger partial charge on any atom is 0.211 e. The minimum Gasteiger partial charge on any atom is -0.330 e. The lowest BCUT2D eigenvalue weighted by molar-refractivity contribution is 0.578. The molecule has 0 aliphatic rings. The minimum atomic E-state index is -2.99. The Hall–Kier alpha value is -0.130. The zero-order chi connectivity index (χ0) is 8.74. The summed E-state index contributed by atoms with van der Waals surface area (Å²) in [6.45, 7) is 2.74. The predicted molar refractivity (Wildman–Crippen MR) is 45.8 cm³/mol. The maximum absolute atomic E-state index is 10.8. The molecule has 0 atom stereocenters. The van der Waals surface area contributed by atoms with Crippen molar-refractivity contribution >= 4 is 10.0 Å². The molecule has 0 saturated carbocycles. The van der Waals surface area contributed by atoms with Crippen molar-refractivity contribution in [1.29, 1.82) is 0 Å². The van der Waals surface area contributed by atoms with Crippen LogP contribution in [0, 0.1) is 0 Å². The molecule has 0 saturated heterocycles. The zero-order valence-electron chi connectivity index (χ0n) is 6.84. The van der Waals surface area contributed by atoms with Crippen molar-refractivity contribution in [2.24, 2.45) is 5.73 Å². The summed E-state index contributed by atoms with van der Waals surface area (Å²) < 4.78 is 24.1. The third kappa shape index (κ3) is 6.28. The Morgan fingerprint density at radius 2 is 2.00 bits per heavy atom. The molecule has 0 aliphatic heterocycles. The Labute approximate surface area is 68.2 Å². The number of rotatable bonds is 6. The molecule has 0 fully saturated rings. The predicted octanol–water partition coefficient (Wildman–Crippen LogP) is -0.335. The van der Waals surface area contributed by atoms with Gasteiger partial charge in [0, 0.05) is 6.54 Å². The van der Waals surface area contributed by atoms with Crippen LogP contribution in [0.15, 0.2) is 0 Å². The first-order valence-corrected chi connectivity index (χ1v) is 5.45. The third-order valence-corrected chi connectivity index (χ3v) is 2.74. The van der Waals surface area contributed by atoms with Crippen LogP contribution in [0.25, 0.3) is 0 Å². The third-order valence-electron chi connectivity index (χ3n) is 1.33. The highest BCUT2D eigenvalue weighted by Gasteiger charge is 2.03. The molecular weight excluding hydrogens is 164 g/mol. The molecule has 4 nitrogen and oxygen atoms in total. The van der Waals surface area contributed by atoms with Crippen LogP contribution >= 0.6 is 0 Å². The first kappa shape index (κ1) is 10.9. The molecule has 0 aliphatic carbocycles. The minimum absolute atomic E-state index is 0.148. The highest BCUT2D eigenvalue weighted by atomic mass is 32.2. The average molecular weight is 180 g/mol. The van der Waals surface area contributed by atoms with E-state index in [1.54, 1.807) is 6.92 Å². The second-order valence-corrected chi connectivity index (χ2v) is 4.39. The summed E-state index contributed by atoms with van der Waals surface area (Å²) in [5, 5.41) is 0. The fourth-order valence-electron chi connectivity index (χ4n) is 0.599. The monoisotopic (exact) mass is 180 g/mol. The van der Waals surface area contributed by atoms with Gasteiger partial charge < -0.3 is 5.73 Å². The van der Waals surface area contributed by atoms with Crippen molar-refractivity contribution in [3.05, 3.63) is 0 Å². The molecule has 11 heavy (non-hydrogen) atoms. The number of nitrogens with one attached hydrogen (secondary N) is 1. The smallest absolute Gasteiger partial charge is 0.211 e. The molecule has 5 heteroatoms. The lowest BCUT2D eigenvalue weighted by Gasteiger charge is -2.02. The van der Waals surface area contributed by atoms with Crippen LogP contribution in [-0.2, 0) is 10.0 Å². The summed E-state index contributed by atoms with van der Waals surface area (Å²) in [6, 6.07) is 0. The summed E-state index contributed by atoms with van der Waals surface area (Å²) >= 11 is 0. The molecule has 0 bridgehead atoms. The van der Waals surface area contributed by atoms with Crippen LogP contribution < -0.4 is 10.5 Å². The van der Waals surface area contributed by atoms with E-state index < -0.39 is 10.0 Å². The van der Waals surface area contributed by atoms with E-state index in [0.29, 0.717) is 13.1 Å². The maximum atomic E-state index is 10.8. The van der Waals surface area contributed by atoms with Gasteiger partial charge in [0.25, 0.3) is 0 Å². The van der Waals surface area contributed by atoms with Crippen molar-refractivity contribution in [2.75, 3.05) is 18.8 Å².